The maximum absolute atomic E-state index is 11.6. The minimum atomic E-state index is -0.368. The van der Waals surface area contributed by atoms with Crippen LogP contribution < -0.4 is 5.43 Å². The van der Waals surface area contributed by atoms with Gasteiger partial charge < -0.3 is 19.7 Å². The first kappa shape index (κ1) is 16.7. The highest BCUT2D eigenvalue weighted by atomic mass is 16.3. The molecule has 2 N–H and O–H groups in total. The normalized spacial score (nSPS) is 12.8. The van der Waals surface area contributed by atoms with Crippen LogP contribution in [0.1, 0.15) is 44.8 Å². The van der Waals surface area contributed by atoms with Crippen molar-refractivity contribution in [3.63, 3.8) is 0 Å². The van der Waals surface area contributed by atoms with Gasteiger partial charge >= 0.3 is 0 Å². The summed E-state index contributed by atoms with van der Waals surface area (Å²) < 4.78 is 1.82. The molecule has 0 aliphatic carbocycles. The molecule has 0 amide bonds. The fourth-order valence-electron chi connectivity index (χ4n) is 2.24. The minimum Gasteiger partial charge on any atom is -0.503 e. The first-order valence-electron chi connectivity index (χ1n) is 7.26. The molecule has 0 spiro atoms. The van der Waals surface area contributed by atoms with Crippen molar-refractivity contribution in [1.29, 1.82) is 0 Å². The van der Waals surface area contributed by atoms with Gasteiger partial charge in [-0.2, -0.15) is 0 Å². The van der Waals surface area contributed by atoms with Crippen LogP contribution in [-0.4, -0.2) is 39.9 Å². The van der Waals surface area contributed by atoms with Crippen LogP contribution in [0.4, 0.5) is 0 Å². The molecule has 0 aliphatic rings. The van der Waals surface area contributed by atoms with Gasteiger partial charge in [-0.3, -0.25) is 4.79 Å². The lowest BCUT2D eigenvalue weighted by molar-refractivity contribution is 0.214. The van der Waals surface area contributed by atoms with Gasteiger partial charge in [-0.05, 0) is 26.4 Å². The predicted octanol–water partition coefficient (Wildman–Crippen LogP) is 1.73. The zero-order valence-corrected chi connectivity index (χ0v) is 12.7. The Hall–Kier alpha value is -1.33. The molecule has 1 heterocycles. The molecule has 5 nitrogen and oxygen atoms in total. The number of aliphatic hydroxyl groups excluding tert-OH is 1. The van der Waals surface area contributed by atoms with Gasteiger partial charge in [0, 0.05) is 18.3 Å². The molecule has 1 atom stereocenters. The summed E-state index contributed by atoms with van der Waals surface area (Å²) in [6, 6.07) is 1.35. The van der Waals surface area contributed by atoms with E-state index in [2.05, 4.69) is 11.8 Å². The lowest BCUT2D eigenvalue weighted by atomic mass is 10.2. The zero-order chi connectivity index (χ0) is 15.1. The molecule has 1 rings (SSSR count). The monoisotopic (exact) mass is 282 g/mol. The Kier molecular flexibility index (Phi) is 6.75. The molecule has 1 unspecified atom stereocenters. The van der Waals surface area contributed by atoms with Crippen LogP contribution in [0, 0.1) is 0 Å². The second kappa shape index (κ2) is 8.07. The minimum absolute atomic E-state index is 0.00944. The highest BCUT2D eigenvalue weighted by Gasteiger charge is 2.14. The fraction of sp³-hybridized carbons (Fsp3) is 0.667. The summed E-state index contributed by atoms with van der Waals surface area (Å²) in [5, 5.41) is 19.1. The van der Waals surface area contributed by atoms with Crippen LogP contribution in [0.2, 0.25) is 0 Å². The first-order valence-corrected chi connectivity index (χ1v) is 7.26. The Labute approximate surface area is 120 Å². The molecular weight excluding hydrogens is 256 g/mol. The Morgan fingerprint density at radius 2 is 2.10 bits per heavy atom. The molecule has 0 fully saturated rings. The van der Waals surface area contributed by atoms with Gasteiger partial charge in [0.25, 0.3) is 0 Å². The van der Waals surface area contributed by atoms with Crippen molar-refractivity contribution in [2.75, 3.05) is 20.2 Å². The summed E-state index contributed by atoms with van der Waals surface area (Å²) in [5.41, 5.74) is 0.459. The van der Waals surface area contributed by atoms with Gasteiger partial charge in [0.15, 0.2) is 5.75 Å². The van der Waals surface area contributed by atoms with E-state index in [1.165, 1.54) is 12.3 Å². The number of aromatic nitrogens is 1. The summed E-state index contributed by atoms with van der Waals surface area (Å²) in [5.74, 6) is -0.267. The summed E-state index contributed by atoms with van der Waals surface area (Å²) in [7, 11) is 2.01. The zero-order valence-electron chi connectivity index (χ0n) is 12.7. The van der Waals surface area contributed by atoms with Crippen molar-refractivity contribution in [3.8, 4) is 5.75 Å². The molecule has 0 saturated heterocycles. The third-order valence-corrected chi connectivity index (χ3v) is 3.54. The average Bonchev–Trinajstić information content (AvgIpc) is 2.43. The number of rotatable bonds is 8. The van der Waals surface area contributed by atoms with E-state index in [-0.39, 0.29) is 23.8 Å². The number of aromatic hydroxyl groups is 1. The molecule has 0 aromatic carbocycles. The van der Waals surface area contributed by atoms with Crippen molar-refractivity contribution < 1.29 is 10.2 Å². The highest BCUT2D eigenvalue weighted by molar-refractivity contribution is 5.21. The number of nitrogens with zero attached hydrogens (tertiary/aromatic N) is 2. The Balaban J connectivity index is 3.03. The van der Waals surface area contributed by atoms with Crippen molar-refractivity contribution in [3.05, 3.63) is 28.2 Å². The second-order valence-electron chi connectivity index (χ2n) is 5.26. The summed E-state index contributed by atoms with van der Waals surface area (Å²) in [6.07, 6.45) is 4.41. The third kappa shape index (κ3) is 4.35. The van der Waals surface area contributed by atoms with Crippen molar-refractivity contribution >= 4 is 0 Å². The molecule has 1 aromatic rings. The van der Waals surface area contributed by atoms with Gasteiger partial charge in [0.05, 0.1) is 18.8 Å². The van der Waals surface area contributed by atoms with E-state index in [0.717, 1.165) is 31.5 Å². The van der Waals surface area contributed by atoms with Crippen molar-refractivity contribution in [1.82, 2.24) is 9.47 Å². The number of pyridine rings is 1. The van der Waals surface area contributed by atoms with E-state index in [1.54, 1.807) is 0 Å². The topological polar surface area (TPSA) is 65.7 Å². The largest absolute Gasteiger partial charge is 0.503 e. The van der Waals surface area contributed by atoms with Gasteiger partial charge in [0.1, 0.15) is 0 Å². The van der Waals surface area contributed by atoms with Gasteiger partial charge in [-0.1, -0.05) is 20.3 Å². The summed E-state index contributed by atoms with van der Waals surface area (Å²) in [4.78, 5) is 13.8. The van der Waals surface area contributed by atoms with Gasteiger partial charge in [-0.15, -0.1) is 0 Å². The quantitative estimate of drug-likeness (QED) is 0.762. The van der Waals surface area contributed by atoms with Crippen molar-refractivity contribution in [2.24, 2.45) is 0 Å². The number of hydrogen-bond donors (Lipinski definition) is 2. The van der Waals surface area contributed by atoms with Crippen LogP contribution in [-0.2, 0) is 6.54 Å². The second-order valence-corrected chi connectivity index (χ2v) is 5.26. The van der Waals surface area contributed by atoms with E-state index in [1.807, 2.05) is 18.5 Å². The molecule has 0 bridgehead atoms. The Morgan fingerprint density at radius 3 is 2.65 bits per heavy atom. The van der Waals surface area contributed by atoms with Crippen LogP contribution in [0.3, 0.4) is 0 Å². The first-order chi connectivity index (χ1) is 9.53. The maximum Gasteiger partial charge on any atom is 0.223 e. The summed E-state index contributed by atoms with van der Waals surface area (Å²) in [6.45, 7) is 5.70. The molecule has 0 saturated carbocycles. The summed E-state index contributed by atoms with van der Waals surface area (Å²) >= 11 is 0. The number of hydrogen-bond acceptors (Lipinski definition) is 4. The molecule has 1 aromatic heterocycles. The van der Waals surface area contributed by atoms with Crippen molar-refractivity contribution in [2.45, 2.75) is 45.7 Å². The van der Waals surface area contributed by atoms with Gasteiger partial charge in [-0.25, -0.2) is 0 Å². The van der Waals surface area contributed by atoms with E-state index in [0.29, 0.717) is 6.54 Å². The average molecular weight is 282 g/mol. The number of aliphatic hydroxyl groups is 1. The third-order valence-electron chi connectivity index (χ3n) is 3.54. The molecule has 5 heteroatoms. The lowest BCUT2D eigenvalue weighted by Crippen LogP contribution is -2.26. The van der Waals surface area contributed by atoms with E-state index < -0.39 is 0 Å². The smallest absolute Gasteiger partial charge is 0.223 e. The SMILES string of the molecule is CCCCN(C)Cc1cc(=O)c(O)cn1C(CC)CO. The Bertz CT molecular complexity index is 467. The lowest BCUT2D eigenvalue weighted by Gasteiger charge is -2.24. The van der Waals surface area contributed by atoms with E-state index in [4.69, 9.17) is 0 Å². The predicted molar refractivity (Wildman–Crippen MR) is 80.0 cm³/mol. The van der Waals surface area contributed by atoms with E-state index >= 15 is 0 Å². The highest BCUT2D eigenvalue weighted by Crippen LogP contribution is 2.17. The molecule has 114 valence electrons. The van der Waals surface area contributed by atoms with Crippen LogP contribution in [0.15, 0.2) is 17.1 Å². The molecule has 0 aliphatic heterocycles. The van der Waals surface area contributed by atoms with Crippen LogP contribution in [0.5, 0.6) is 5.75 Å². The standard InChI is InChI=1S/C15H26N2O3/c1-4-6-7-16(3)9-13-8-14(19)15(20)10-17(13)12(5-2)11-18/h8,10,12,18,20H,4-7,9,11H2,1-3H3. The maximum atomic E-state index is 11.6. The van der Waals surface area contributed by atoms with Crippen LogP contribution >= 0.6 is 0 Å². The Morgan fingerprint density at radius 1 is 1.40 bits per heavy atom. The molecule has 0 radical (unpaired) electrons. The molecular formula is C15H26N2O3. The fourth-order valence-corrected chi connectivity index (χ4v) is 2.24. The van der Waals surface area contributed by atoms with Gasteiger partial charge in [0.2, 0.25) is 5.43 Å². The van der Waals surface area contributed by atoms with Crippen LogP contribution in [0.25, 0.3) is 0 Å². The molecule has 20 heavy (non-hydrogen) atoms. The number of unbranched alkanes of at least 4 members (excludes halogenated alkanes) is 1. The van der Waals surface area contributed by atoms with E-state index in [9.17, 15) is 15.0 Å².